The van der Waals surface area contributed by atoms with Gasteiger partial charge in [0.2, 0.25) is 0 Å². The van der Waals surface area contributed by atoms with E-state index in [1.165, 1.54) is 10.9 Å². The summed E-state index contributed by atoms with van der Waals surface area (Å²) in [6, 6.07) is 11.8. The molecule has 0 radical (unpaired) electrons. The molecule has 6 heteroatoms. The number of ether oxygens (including phenoxy) is 3. The first-order chi connectivity index (χ1) is 12.8. The minimum absolute atomic E-state index is 0.0643. The van der Waals surface area contributed by atoms with Crippen LogP contribution < -0.4 is 9.47 Å². The highest BCUT2D eigenvalue weighted by Gasteiger charge is 2.22. The van der Waals surface area contributed by atoms with Crippen molar-refractivity contribution in [1.29, 1.82) is 0 Å². The van der Waals surface area contributed by atoms with Crippen LogP contribution in [0.25, 0.3) is 11.0 Å². The Balaban J connectivity index is 1.34. The van der Waals surface area contributed by atoms with Crippen molar-refractivity contribution in [2.24, 2.45) is 0 Å². The van der Waals surface area contributed by atoms with Crippen LogP contribution in [0.2, 0.25) is 0 Å². The second-order valence-electron chi connectivity index (χ2n) is 6.42. The van der Waals surface area contributed by atoms with E-state index < -0.39 is 0 Å². The van der Waals surface area contributed by atoms with E-state index in [0.29, 0.717) is 6.61 Å². The molecule has 1 saturated heterocycles. The number of nitrogens with one attached hydrogen (secondary N) is 1. The largest absolute Gasteiger partial charge is 0.497 e. The number of morpholine rings is 1. The third-order valence-corrected chi connectivity index (χ3v) is 4.66. The predicted molar refractivity (Wildman–Crippen MR) is 99.6 cm³/mol. The van der Waals surface area contributed by atoms with E-state index in [2.05, 4.69) is 27.0 Å². The Morgan fingerprint density at radius 2 is 2.04 bits per heavy atom. The highest BCUT2D eigenvalue weighted by Crippen LogP contribution is 2.20. The van der Waals surface area contributed by atoms with Crippen LogP contribution in [0.4, 0.5) is 0 Å². The maximum absolute atomic E-state index is 5.88. The lowest BCUT2D eigenvalue weighted by molar-refractivity contribution is -0.0503. The van der Waals surface area contributed by atoms with E-state index >= 15 is 0 Å². The molecule has 1 N–H and O–H groups in total. The molecule has 1 fully saturated rings. The second-order valence-corrected chi connectivity index (χ2v) is 6.42. The lowest BCUT2D eigenvalue weighted by atomic mass is 10.1. The number of aromatic nitrogens is 2. The van der Waals surface area contributed by atoms with Crippen molar-refractivity contribution in [2.75, 3.05) is 33.4 Å². The number of H-pyrrole nitrogens is 1. The lowest BCUT2D eigenvalue weighted by Crippen LogP contribution is -2.44. The highest BCUT2D eigenvalue weighted by molar-refractivity contribution is 5.79. The maximum atomic E-state index is 5.88. The molecular formula is C20H23N3O3. The highest BCUT2D eigenvalue weighted by atomic mass is 16.5. The van der Waals surface area contributed by atoms with Crippen LogP contribution in [0.15, 0.2) is 48.8 Å². The fraction of sp³-hybridized carbons (Fsp3) is 0.350. The van der Waals surface area contributed by atoms with Gasteiger partial charge >= 0.3 is 0 Å². The maximum Gasteiger partial charge on any atom is 0.137 e. The Kier molecular flexibility index (Phi) is 5.04. The molecular weight excluding hydrogens is 330 g/mol. The quantitative estimate of drug-likeness (QED) is 0.738. The summed E-state index contributed by atoms with van der Waals surface area (Å²) in [6.45, 7) is 3.92. The summed E-state index contributed by atoms with van der Waals surface area (Å²) in [4.78, 5) is 9.94. The average Bonchev–Trinajstić information content (AvgIpc) is 3.17. The third kappa shape index (κ3) is 3.81. The minimum atomic E-state index is 0.0643. The van der Waals surface area contributed by atoms with Crippen molar-refractivity contribution in [2.45, 2.75) is 12.6 Å². The molecule has 6 nitrogen and oxygen atoms in total. The Bertz CT molecular complexity index is 847. The van der Waals surface area contributed by atoms with Crippen LogP contribution in [-0.2, 0) is 11.3 Å². The molecule has 0 spiro atoms. The smallest absolute Gasteiger partial charge is 0.137 e. The van der Waals surface area contributed by atoms with Gasteiger partial charge in [-0.05, 0) is 42.0 Å². The van der Waals surface area contributed by atoms with E-state index in [4.69, 9.17) is 14.2 Å². The van der Waals surface area contributed by atoms with Crippen LogP contribution in [0, 0.1) is 0 Å². The first kappa shape index (κ1) is 16.9. The molecule has 3 aromatic rings. The molecule has 1 aromatic carbocycles. The van der Waals surface area contributed by atoms with E-state index in [9.17, 15) is 0 Å². The Morgan fingerprint density at radius 3 is 2.88 bits per heavy atom. The van der Waals surface area contributed by atoms with Crippen LogP contribution >= 0.6 is 0 Å². The standard InChI is InChI=1S/C20H23N3O3/c1-24-16-2-4-17(5-3-16)26-14-18-13-23(10-11-25-18)12-15-6-8-21-20-19(15)7-9-22-20/h2-9,18H,10-14H2,1H3,(H,21,22). The van der Waals surface area contributed by atoms with E-state index in [1.807, 2.05) is 36.7 Å². The molecule has 4 rings (SSSR count). The third-order valence-electron chi connectivity index (χ3n) is 4.66. The van der Waals surface area contributed by atoms with Crippen LogP contribution in [0.1, 0.15) is 5.56 Å². The van der Waals surface area contributed by atoms with Gasteiger partial charge in [0.25, 0.3) is 0 Å². The topological polar surface area (TPSA) is 59.6 Å². The number of benzene rings is 1. The molecule has 0 aliphatic carbocycles. The molecule has 1 unspecified atom stereocenters. The normalized spacial score (nSPS) is 18.1. The van der Waals surface area contributed by atoms with E-state index in [-0.39, 0.29) is 6.10 Å². The van der Waals surface area contributed by atoms with Crippen LogP contribution in [0.3, 0.4) is 0 Å². The number of methoxy groups -OCH3 is 1. The van der Waals surface area contributed by atoms with Crippen molar-refractivity contribution in [1.82, 2.24) is 14.9 Å². The lowest BCUT2D eigenvalue weighted by Gasteiger charge is -2.32. The first-order valence-electron chi connectivity index (χ1n) is 8.83. The summed E-state index contributed by atoms with van der Waals surface area (Å²) in [7, 11) is 1.66. The molecule has 1 aliphatic rings. The molecule has 2 aromatic heterocycles. The van der Waals surface area contributed by atoms with Gasteiger partial charge in [-0.1, -0.05) is 0 Å². The van der Waals surface area contributed by atoms with Crippen molar-refractivity contribution in [3.05, 3.63) is 54.4 Å². The van der Waals surface area contributed by atoms with Crippen molar-refractivity contribution in [3.63, 3.8) is 0 Å². The molecule has 1 atom stereocenters. The number of nitrogens with zero attached hydrogens (tertiary/aromatic N) is 2. The average molecular weight is 353 g/mol. The van der Waals surface area contributed by atoms with Gasteiger partial charge in [-0.3, -0.25) is 4.90 Å². The molecule has 0 bridgehead atoms. The van der Waals surface area contributed by atoms with Crippen molar-refractivity contribution < 1.29 is 14.2 Å². The monoisotopic (exact) mass is 353 g/mol. The van der Waals surface area contributed by atoms with Crippen molar-refractivity contribution in [3.8, 4) is 11.5 Å². The fourth-order valence-electron chi connectivity index (χ4n) is 3.28. The summed E-state index contributed by atoms with van der Waals surface area (Å²) < 4.78 is 16.9. The summed E-state index contributed by atoms with van der Waals surface area (Å²) in [5.41, 5.74) is 2.23. The van der Waals surface area contributed by atoms with Crippen LogP contribution in [-0.4, -0.2) is 54.4 Å². The second kappa shape index (κ2) is 7.76. The van der Waals surface area contributed by atoms with Gasteiger partial charge in [0.1, 0.15) is 29.9 Å². The van der Waals surface area contributed by atoms with Gasteiger partial charge in [0, 0.05) is 37.4 Å². The van der Waals surface area contributed by atoms with Gasteiger partial charge in [0.15, 0.2) is 0 Å². The number of hydrogen-bond acceptors (Lipinski definition) is 5. The number of aromatic amines is 1. The predicted octanol–water partition coefficient (Wildman–Crippen LogP) is 2.85. The van der Waals surface area contributed by atoms with Gasteiger partial charge in [-0.2, -0.15) is 0 Å². The number of fused-ring (bicyclic) bond motifs is 1. The molecule has 0 amide bonds. The Hall–Kier alpha value is -2.57. The SMILES string of the molecule is COc1ccc(OCC2CN(Cc3ccnc4[nH]ccc34)CCO2)cc1. The van der Waals surface area contributed by atoms with Gasteiger partial charge in [-0.15, -0.1) is 0 Å². The molecule has 0 saturated carbocycles. The van der Waals surface area contributed by atoms with Gasteiger partial charge in [-0.25, -0.2) is 4.98 Å². The summed E-state index contributed by atoms with van der Waals surface area (Å²) in [5.74, 6) is 1.65. The minimum Gasteiger partial charge on any atom is -0.497 e. The zero-order valence-corrected chi connectivity index (χ0v) is 14.9. The number of hydrogen-bond donors (Lipinski definition) is 1. The fourth-order valence-corrected chi connectivity index (χ4v) is 3.28. The number of rotatable bonds is 6. The Morgan fingerprint density at radius 1 is 1.19 bits per heavy atom. The number of pyridine rings is 1. The first-order valence-corrected chi connectivity index (χ1v) is 8.83. The molecule has 3 heterocycles. The van der Waals surface area contributed by atoms with Crippen molar-refractivity contribution >= 4 is 11.0 Å². The zero-order valence-electron chi connectivity index (χ0n) is 14.9. The summed E-state index contributed by atoms with van der Waals surface area (Å²) in [6.07, 6.45) is 3.86. The molecule has 26 heavy (non-hydrogen) atoms. The molecule has 1 aliphatic heterocycles. The van der Waals surface area contributed by atoms with E-state index in [1.54, 1.807) is 7.11 Å². The summed E-state index contributed by atoms with van der Waals surface area (Å²) >= 11 is 0. The van der Waals surface area contributed by atoms with Crippen LogP contribution in [0.5, 0.6) is 11.5 Å². The zero-order chi connectivity index (χ0) is 17.8. The van der Waals surface area contributed by atoms with Gasteiger partial charge < -0.3 is 19.2 Å². The van der Waals surface area contributed by atoms with E-state index in [0.717, 1.165) is 43.4 Å². The molecule has 136 valence electrons. The van der Waals surface area contributed by atoms with Gasteiger partial charge in [0.05, 0.1) is 13.7 Å². The summed E-state index contributed by atoms with van der Waals surface area (Å²) in [5, 5.41) is 1.19. The Labute approximate surface area is 152 Å².